The van der Waals surface area contributed by atoms with Gasteiger partial charge in [0.05, 0.1) is 13.0 Å². The number of piperidine rings is 2. The lowest BCUT2D eigenvalue weighted by Gasteiger charge is -2.52. The fraction of sp³-hybridized carbons (Fsp3) is 0.464. The molecule has 0 radical (unpaired) electrons. The van der Waals surface area contributed by atoms with Crippen LogP contribution in [0.5, 0.6) is 0 Å². The molecule has 4 bridgehead atoms. The highest BCUT2D eigenvalue weighted by Gasteiger charge is 2.49. The van der Waals surface area contributed by atoms with Gasteiger partial charge in [0.15, 0.2) is 0 Å². The summed E-state index contributed by atoms with van der Waals surface area (Å²) in [4.78, 5) is 17.5. The van der Waals surface area contributed by atoms with E-state index in [2.05, 4.69) is 78.5 Å². The van der Waals surface area contributed by atoms with Crippen LogP contribution in [0.25, 0.3) is 17.2 Å². The van der Waals surface area contributed by atoms with E-state index in [4.69, 9.17) is 4.74 Å². The first-order valence-corrected chi connectivity index (χ1v) is 11.9. The predicted molar refractivity (Wildman–Crippen MR) is 130 cm³/mol. The summed E-state index contributed by atoms with van der Waals surface area (Å²) < 4.78 is 5.28. The van der Waals surface area contributed by atoms with Gasteiger partial charge in [-0.05, 0) is 66.3 Å². The molecule has 4 aliphatic heterocycles. The van der Waals surface area contributed by atoms with Gasteiger partial charge < -0.3 is 9.64 Å². The van der Waals surface area contributed by atoms with Gasteiger partial charge in [0.25, 0.3) is 0 Å². The number of rotatable bonds is 4. The molecule has 2 aromatic rings. The van der Waals surface area contributed by atoms with Gasteiger partial charge in [0.1, 0.15) is 0 Å². The van der Waals surface area contributed by atoms with Gasteiger partial charge in [-0.3, -0.25) is 9.69 Å². The fourth-order valence-corrected chi connectivity index (χ4v) is 6.15. The molecule has 1 aliphatic carbocycles. The van der Waals surface area contributed by atoms with Crippen molar-refractivity contribution in [3.05, 3.63) is 59.7 Å². The van der Waals surface area contributed by atoms with E-state index in [1.165, 1.54) is 40.8 Å². The number of fused-ring (bicyclic) bond motifs is 2. The molecule has 168 valence electrons. The molecular formula is C28H34N2O2. The van der Waals surface area contributed by atoms with E-state index in [9.17, 15) is 4.79 Å². The zero-order valence-electron chi connectivity index (χ0n) is 19.5. The third-order valence-electron chi connectivity index (χ3n) is 7.88. The van der Waals surface area contributed by atoms with Gasteiger partial charge in [-0.25, -0.2) is 0 Å². The number of hydrogen-bond donors (Lipinski definition) is 0. The number of nitrogens with zero attached hydrogens (tertiary/aromatic N) is 2. The molecule has 1 saturated carbocycles. The van der Waals surface area contributed by atoms with E-state index in [1.807, 2.05) is 0 Å². The minimum atomic E-state index is -0.0209. The summed E-state index contributed by atoms with van der Waals surface area (Å²) in [6.07, 6.45) is 7.06. The molecule has 0 amide bonds. The second kappa shape index (κ2) is 8.74. The Bertz CT molecular complexity index is 993. The average molecular weight is 431 g/mol. The van der Waals surface area contributed by atoms with E-state index in [0.29, 0.717) is 12.0 Å². The Morgan fingerprint density at radius 3 is 2.28 bits per heavy atom. The van der Waals surface area contributed by atoms with E-state index < -0.39 is 0 Å². The minimum Gasteiger partial charge on any atom is -0.469 e. The molecule has 5 fully saturated rings. The fourth-order valence-electron chi connectivity index (χ4n) is 6.15. The van der Waals surface area contributed by atoms with Crippen molar-refractivity contribution < 1.29 is 9.53 Å². The summed E-state index contributed by atoms with van der Waals surface area (Å²) in [6.45, 7) is 2.12. The van der Waals surface area contributed by atoms with Crippen molar-refractivity contribution >= 4 is 17.7 Å². The zero-order chi connectivity index (χ0) is 22.2. The maximum Gasteiger partial charge on any atom is 0.310 e. The number of carbonyl (C=O) groups is 1. The molecule has 2 aromatic carbocycles. The van der Waals surface area contributed by atoms with Crippen molar-refractivity contribution in [2.24, 2.45) is 17.8 Å². The summed E-state index contributed by atoms with van der Waals surface area (Å²) >= 11 is 0. The first kappa shape index (κ1) is 21.3. The van der Waals surface area contributed by atoms with Crippen LogP contribution < -0.4 is 4.90 Å². The molecule has 5 unspecified atom stereocenters. The van der Waals surface area contributed by atoms with Gasteiger partial charge >= 0.3 is 5.97 Å². The van der Waals surface area contributed by atoms with Crippen LogP contribution in [0.1, 0.15) is 31.2 Å². The Morgan fingerprint density at radius 2 is 1.62 bits per heavy atom. The highest BCUT2D eigenvalue weighted by molar-refractivity contribution is 5.75. The summed E-state index contributed by atoms with van der Waals surface area (Å²) in [6, 6.07) is 17.9. The van der Waals surface area contributed by atoms with Gasteiger partial charge in [0.2, 0.25) is 0 Å². The van der Waals surface area contributed by atoms with Crippen molar-refractivity contribution in [2.75, 3.05) is 39.2 Å². The van der Waals surface area contributed by atoms with Crippen molar-refractivity contribution in [3.8, 4) is 11.1 Å². The van der Waals surface area contributed by atoms with Gasteiger partial charge in [-0.1, -0.05) is 48.0 Å². The SMILES string of the molecule is COC(=O)C1C2CCC3CCC1N(C/C2=C\c1ccc(-c2ccc(N(C)C)cc2)cc1)C3. The molecule has 0 aromatic heterocycles. The number of hydrogen-bond acceptors (Lipinski definition) is 4. The Kier molecular flexibility index (Phi) is 5.81. The molecule has 7 rings (SSSR count). The van der Waals surface area contributed by atoms with E-state index in [-0.39, 0.29) is 11.9 Å². The van der Waals surface area contributed by atoms with Crippen molar-refractivity contribution in [1.82, 2.24) is 4.90 Å². The van der Waals surface area contributed by atoms with Crippen LogP contribution in [0, 0.1) is 17.8 Å². The Morgan fingerprint density at radius 1 is 0.969 bits per heavy atom. The molecule has 5 atom stereocenters. The molecule has 0 N–H and O–H groups in total. The molecule has 5 aliphatic rings. The number of anilines is 1. The summed E-state index contributed by atoms with van der Waals surface area (Å²) in [7, 11) is 5.67. The molecule has 4 heterocycles. The highest BCUT2D eigenvalue weighted by atomic mass is 16.5. The largest absolute Gasteiger partial charge is 0.469 e. The molecule has 4 nitrogen and oxygen atoms in total. The van der Waals surface area contributed by atoms with Crippen LogP contribution in [0.4, 0.5) is 5.69 Å². The Labute approximate surface area is 191 Å². The quantitative estimate of drug-likeness (QED) is 0.632. The lowest BCUT2D eigenvalue weighted by Crippen LogP contribution is -2.58. The van der Waals surface area contributed by atoms with E-state index >= 15 is 0 Å². The Hall–Kier alpha value is -2.59. The number of benzene rings is 2. The molecule has 4 saturated heterocycles. The lowest BCUT2D eigenvalue weighted by molar-refractivity contribution is -0.154. The number of carbonyl (C=O) groups excluding carboxylic acids is 1. The monoisotopic (exact) mass is 430 g/mol. The molecule has 4 heteroatoms. The standard InChI is InChI=1S/C28H34N2O2/c1-29(2)24-12-10-22(11-13-24)21-8-4-19(5-9-21)16-23-18-30-17-20-6-14-25(23)27(28(31)32-3)26(30)15-7-20/h4-5,8-13,16,20,25-27H,6-7,14-15,17-18H2,1-3H3/b23-16+. The van der Waals surface area contributed by atoms with Gasteiger partial charge in [-0.15, -0.1) is 0 Å². The average Bonchev–Trinajstić information content (AvgIpc) is 2.80. The lowest BCUT2D eigenvalue weighted by atomic mass is 9.66. The van der Waals surface area contributed by atoms with E-state index in [0.717, 1.165) is 31.8 Å². The van der Waals surface area contributed by atoms with Crippen molar-refractivity contribution in [2.45, 2.75) is 31.7 Å². The first-order chi connectivity index (χ1) is 15.5. The first-order valence-electron chi connectivity index (χ1n) is 11.9. The topological polar surface area (TPSA) is 32.8 Å². The van der Waals surface area contributed by atoms with Crippen LogP contribution in [0.15, 0.2) is 54.1 Å². The maximum absolute atomic E-state index is 12.8. The van der Waals surface area contributed by atoms with Crippen LogP contribution in [0.3, 0.4) is 0 Å². The molecule has 0 spiro atoms. The number of esters is 1. The summed E-state index contributed by atoms with van der Waals surface area (Å²) in [5.41, 5.74) is 6.28. The van der Waals surface area contributed by atoms with E-state index in [1.54, 1.807) is 7.11 Å². The maximum atomic E-state index is 12.8. The smallest absolute Gasteiger partial charge is 0.310 e. The van der Waals surface area contributed by atoms with Crippen molar-refractivity contribution in [1.29, 1.82) is 0 Å². The number of ether oxygens (including phenoxy) is 1. The third-order valence-corrected chi connectivity index (χ3v) is 7.88. The van der Waals surface area contributed by atoms with Crippen LogP contribution in [-0.2, 0) is 9.53 Å². The van der Waals surface area contributed by atoms with Crippen LogP contribution in [-0.4, -0.2) is 51.2 Å². The minimum absolute atomic E-state index is 0.0178. The van der Waals surface area contributed by atoms with Gasteiger partial charge in [-0.2, -0.15) is 0 Å². The number of methoxy groups -OCH3 is 1. The normalized spacial score (nSPS) is 30.1. The zero-order valence-corrected chi connectivity index (χ0v) is 19.5. The van der Waals surface area contributed by atoms with Crippen molar-refractivity contribution in [3.63, 3.8) is 0 Å². The summed E-state index contributed by atoms with van der Waals surface area (Å²) in [5, 5.41) is 0. The Balaban J connectivity index is 1.41. The van der Waals surface area contributed by atoms with Gasteiger partial charge in [0, 0.05) is 38.9 Å². The third kappa shape index (κ3) is 3.97. The van der Waals surface area contributed by atoms with Crippen LogP contribution >= 0.6 is 0 Å². The second-order valence-electron chi connectivity index (χ2n) is 9.96. The second-order valence-corrected chi connectivity index (χ2v) is 9.96. The molecule has 32 heavy (non-hydrogen) atoms. The predicted octanol–water partition coefficient (Wildman–Crippen LogP) is 5.10. The summed E-state index contributed by atoms with van der Waals surface area (Å²) in [5.74, 6) is 1.07. The molecular weight excluding hydrogens is 396 g/mol. The van der Waals surface area contributed by atoms with Crippen LogP contribution in [0.2, 0.25) is 0 Å². The highest BCUT2D eigenvalue weighted by Crippen LogP contribution is 2.46.